The number of benzene rings is 1. The van der Waals surface area contributed by atoms with E-state index in [1.54, 1.807) is 0 Å². The average molecular weight is 394 g/mol. The van der Waals surface area contributed by atoms with Crippen LogP contribution in [-0.4, -0.2) is 23.7 Å². The number of halogens is 2. The lowest BCUT2D eigenvalue weighted by molar-refractivity contribution is -0.140. The molecule has 1 unspecified atom stereocenters. The number of carbonyl (C=O) groups is 2. The molecule has 104 valence electrons. The van der Waals surface area contributed by atoms with Gasteiger partial charge in [-0.2, -0.15) is 0 Å². The summed E-state index contributed by atoms with van der Waals surface area (Å²) in [5.74, 6) is -1.58. The Labute approximate surface area is 128 Å². The van der Waals surface area contributed by atoms with Gasteiger partial charge in [0, 0.05) is 15.5 Å². The lowest BCUT2D eigenvalue weighted by Crippen LogP contribution is -2.34. The summed E-state index contributed by atoms with van der Waals surface area (Å²) in [6.07, 6.45) is 0. The van der Waals surface area contributed by atoms with Crippen LogP contribution >= 0.6 is 31.9 Å². The summed E-state index contributed by atoms with van der Waals surface area (Å²) < 4.78 is 1.50. The minimum Gasteiger partial charge on any atom is -0.481 e. The number of hydrogen-bond acceptors (Lipinski definition) is 2. The van der Waals surface area contributed by atoms with Crippen molar-refractivity contribution in [3.05, 3.63) is 26.6 Å². The Morgan fingerprint density at radius 3 is 2.32 bits per heavy atom. The van der Waals surface area contributed by atoms with E-state index < -0.39 is 17.9 Å². The molecule has 0 heterocycles. The molecule has 0 bridgehead atoms. The van der Waals surface area contributed by atoms with Gasteiger partial charge in [-0.1, -0.05) is 6.92 Å². The maximum absolute atomic E-state index is 11.7. The Bertz CT molecular complexity index is 483. The Hall–Kier alpha value is -1.08. The maximum atomic E-state index is 11.7. The van der Waals surface area contributed by atoms with Crippen molar-refractivity contribution in [2.24, 2.45) is 5.92 Å². The molecule has 0 saturated carbocycles. The number of carbonyl (C=O) groups excluding carboxylic acids is 1. The molecule has 2 amide bonds. The number of carboxylic acids is 1. The second-order valence-electron chi connectivity index (χ2n) is 4.18. The first kappa shape index (κ1) is 16.0. The lowest BCUT2D eigenvalue weighted by Gasteiger charge is -2.13. The molecule has 0 radical (unpaired) electrons. The normalized spacial score (nSPS) is 11.8. The average Bonchev–Trinajstić information content (AvgIpc) is 2.30. The Morgan fingerprint density at radius 1 is 1.32 bits per heavy atom. The molecule has 0 aromatic heterocycles. The Balaban J connectivity index is 2.65. The highest BCUT2D eigenvalue weighted by Crippen LogP contribution is 2.32. The second kappa shape index (κ2) is 6.91. The minimum absolute atomic E-state index is 0.0717. The SMILES string of the molecule is Cc1cc(Br)c(NC(=O)NCC(C)C(=O)O)c(Br)c1. The fourth-order valence-corrected chi connectivity index (χ4v) is 2.92. The summed E-state index contributed by atoms with van der Waals surface area (Å²) in [5.41, 5.74) is 1.65. The first-order valence-corrected chi connectivity index (χ1v) is 7.13. The van der Waals surface area contributed by atoms with Gasteiger partial charge >= 0.3 is 12.0 Å². The van der Waals surface area contributed by atoms with E-state index in [0.717, 1.165) is 14.5 Å². The summed E-state index contributed by atoms with van der Waals surface area (Å²) in [6, 6.07) is 3.30. The highest BCUT2D eigenvalue weighted by atomic mass is 79.9. The van der Waals surface area contributed by atoms with E-state index in [9.17, 15) is 9.59 Å². The van der Waals surface area contributed by atoms with Gasteiger partial charge in [0.2, 0.25) is 0 Å². The van der Waals surface area contributed by atoms with Gasteiger partial charge in [0.1, 0.15) is 0 Å². The van der Waals surface area contributed by atoms with Crippen molar-refractivity contribution in [2.75, 3.05) is 11.9 Å². The molecule has 0 aliphatic carbocycles. The fraction of sp³-hybridized carbons (Fsp3) is 0.333. The quantitative estimate of drug-likeness (QED) is 0.733. The summed E-state index contributed by atoms with van der Waals surface area (Å²) in [7, 11) is 0. The molecular weight excluding hydrogens is 380 g/mol. The van der Waals surface area contributed by atoms with Crippen LogP contribution in [0.25, 0.3) is 0 Å². The van der Waals surface area contributed by atoms with Gasteiger partial charge in [-0.15, -0.1) is 0 Å². The van der Waals surface area contributed by atoms with Gasteiger partial charge in [0.25, 0.3) is 0 Å². The largest absolute Gasteiger partial charge is 0.481 e. The molecule has 0 aliphatic rings. The van der Waals surface area contributed by atoms with Crippen LogP contribution in [0.4, 0.5) is 10.5 Å². The minimum atomic E-state index is -0.946. The van der Waals surface area contributed by atoms with Crippen molar-refractivity contribution < 1.29 is 14.7 Å². The molecule has 0 aliphatic heterocycles. The van der Waals surface area contributed by atoms with Crippen LogP contribution in [0.15, 0.2) is 21.1 Å². The van der Waals surface area contributed by atoms with Crippen LogP contribution in [-0.2, 0) is 4.79 Å². The number of rotatable bonds is 4. The van der Waals surface area contributed by atoms with Gasteiger partial charge in [-0.25, -0.2) is 4.79 Å². The van der Waals surface area contributed by atoms with Crippen molar-refractivity contribution in [1.82, 2.24) is 5.32 Å². The number of aryl methyl sites for hydroxylation is 1. The molecule has 1 rings (SSSR count). The number of urea groups is 1. The molecule has 19 heavy (non-hydrogen) atoms. The van der Waals surface area contributed by atoms with Crippen molar-refractivity contribution in [2.45, 2.75) is 13.8 Å². The van der Waals surface area contributed by atoms with Crippen molar-refractivity contribution in [3.8, 4) is 0 Å². The van der Waals surface area contributed by atoms with Crippen LogP contribution in [0.1, 0.15) is 12.5 Å². The molecule has 7 heteroatoms. The zero-order chi connectivity index (χ0) is 14.6. The summed E-state index contributed by atoms with van der Waals surface area (Å²) >= 11 is 6.73. The summed E-state index contributed by atoms with van der Waals surface area (Å²) in [4.78, 5) is 22.3. The van der Waals surface area contributed by atoms with E-state index in [1.807, 2.05) is 19.1 Å². The third kappa shape index (κ3) is 4.83. The molecular formula is C12H14Br2N2O3. The van der Waals surface area contributed by atoms with Gasteiger partial charge in [0.05, 0.1) is 11.6 Å². The van der Waals surface area contributed by atoms with E-state index in [4.69, 9.17) is 5.11 Å². The smallest absolute Gasteiger partial charge is 0.319 e. The Kier molecular flexibility index (Phi) is 5.81. The number of carboxylic acid groups (broad SMARTS) is 1. The predicted molar refractivity (Wildman–Crippen MR) is 80.4 cm³/mol. The Morgan fingerprint density at radius 2 is 1.84 bits per heavy atom. The molecule has 0 saturated heterocycles. The summed E-state index contributed by atoms with van der Waals surface area (Å²) in [6.45, 7) is 3.54. The van der Waals surface area contributed by atoms with Gasteiger partial charge < -0.3 is 15.7 Å². The fourth-order valence-electron chi connectivity index (χ4n) is 1.31. The summed E-state index contributed by atoms with van der Waals surface area (Å²) in [5, 5.41) is 13.9. The molecule has 0 spiro atoms. The van der Waals surface area contributed by atoms with Crippen molar-refractivity contribution >= 4 is 49.5 Å². The van der Waals surface area contributed by atoms with Crippen molar-refractivity contribution in [3.63, 3.8) is 0 Å². The third-order valence-corrected chi connectivity index (χ3v) is 3.67. The monoisotopic (exact) mass is 392 g/mol. The zero-order valence-electron chi connectivity index (χ0n) is 10.5. The van der Waals surface area contributed by atoms with E-state index in [2.05, 4.69) is 42.5 Å². The third-order valence-electron chi connectivity index (χ3n) is 2.42. The van der Waals surface area contributed by atoms with E-state index in [1.165, 1.54) is 6.92 Å². The van der Waals surface area contributed by atoms with Gasteiger partial charge in [0.15, 0.2) is 0 Å². The van der Waals surface area contributed by atoms with Crippen molar-refractivity contribution in [1.29, 1.82) is 0 Å². The predicted octanol–water partition coefficient (Wildman–Crippen LogP) is 3.36. The van der Waals surface area contributed by atoms with E-state index >= 15 is 0 Å². The first-order chi connectivity index (χ1) is 8.81. The standard InChI is InChI=1S/C12H14Br2N2O3/c1-6-3-8(13)10(9(14)4-6)16-12(19)15-5-7(2)11(17)18/h3-4,7H,5H2,1-2H3,(H,17,18)(H2,15,16,19). The van der Waals surface area contributed by atoms with Crippen LogP contribution in [0, 0.1) is 12.8 Å². The zero-order valence-corrected chi connectivity index (χ0v) is 13.6. The van der Waals surface area contributed by atoms with Gasteiger partial charge in [-0.05, 0) is 56.5 Å². The molecule has 3 N–H and O–H groups in total. The lowest BCUT2D eigenvalue weighted by atomic mass is 10.2. The highest BCUT2D eigenvalue weighted by molar-refractivity contribution is 9.11. The number of aliphatic carboxylic acids is 1. The highest BCUT2D eigenvalue weighted by Gasteiger charge is 2.14. The van der Waals surface area contributed by atoms with E-state index in [0.29, 0.717) is 5.69 Å². The van der Waals surface area contributed by atoms with Crippen LogP contribution in [0.3, 0.4) is 0 Å². The van der Waals surface area contributed by atoms with E-state index in [-0.39, 0.29) is 6.54 Å². The molecule has 1 aromatic carbocycles. The topological polar surface area (TPSA) is 78.4 Å². The molecule has 0 fully saturated rings. The van der Waals surface area contributed by atoms with Gasteiger partial charge in [-0.3, -0.25) is 4.79 Å². The van der Waals surface area contributed by atoms with Crippen LogP contribution in [0.5, 0.6) is 0 Å². The second-order valence-corrected chi connectivity index (χ2v) is 5.89. The van der Waals surface area contributed by atoms with Crippen LogP contribution in [0.2, 0.25) is 0 Å². The van der Waals surface area contributed by atoms with Crippen LogP contribution < -0.4 is 10.6 Å². The number of hydrogen-bond donors (Lipinski definition) is 3. The number of amides is 2. The molecule has 5 nitrogen and oxygen atoms in total. The molecule has 1 aromatic rings. The molecule has 1 atom stereocenters. The first-order valence-electron chi connectivity index (χ1n) is 5.54. The number of nitrogens with one attached hydrogen (secondary N) is 2. The number of anilines is 1. The maximum Gasteiger partial charge on any atom is 0.319 e.